The summed E-state index contributed by atoms with van der Waals surface area (Å²) in [5.41, 5.74) is 2.34. The van der Waals surface area contributed by atoms with Crippen LogP contribution < -0.4 is 5.32 Å². The van der Waals surface area contributed by atoms with Gasteiger partial charge in [0.05, 0.1) is 6.54 Å². The fourth-order valence-corrected chi connectivity index (χ4v) is 2.24. The molecule has 0 unspecified atom stereocenters. The fraction of sp³-hybridized carbons (Fsp3) is 0.312. The zero-order chi connectivity index (χ0) is 14.1. The summed E-state index contributed by atoms with van der Waals surface area (Å²) < 4.78 is 0. The van der Waals surface area contributed by atoms with Crippen molar-refractivity contribution in [2.75, 3.05) is 0 Å². The number of thiocarbonyl (C=S) groups is 1. The van der Waals surface area contributed by atoms with E-state index in [1.54, 1.807) is 11.3 Å². The van der Waals surface area contributed by atoms with E-state index >= 15 is 0 Å². The Morgan fingerprint density at radius 1 is 1.16 bits per heavy atom. The third kappa shape index (κ3) is 5.99. The molecule has 2 rings (SSSR count). The van der Waals surface area contributed by atoms with Crippen molar-refractivity contribution in [1.82, 2.24) is 5.32 Å². The molecular formula is C16H21NS2. The predicted molar refractivity (Wildman–Crippen MR) is 90.0 cm³/mol. The van der Waals surface area contributed by atoms with Gasteiger partial charge in [0.2, 0.25) is 0 Å². The molecule has 0 saturated heterocycles. The minimum atomic E-state index is 0.810. The lowest BCUT2D eigenvalue weighted by Crippen LogP contribution is -2.21. The maximum atomic E-state index is 5.33. The zero-order valence-electron chi connectivity index (χ0n) is 11.8. The van der Waals surface area contributed by atoms with Crippen LogP contribution in [0.2, 0.25) is 0 Å². The number of benzene rings is 1. The Morgan fingerprint density at radius 2 is 1.79 bits per heavy atom. The summed E-state index contributed by atoms with van der Waals surface area (Å²) in [6, 6.07) is 12.4. The fourth-order valence-electron chi connectivity index (χ4n) is 1.39. The second-order valence-corrected chi connectivity index (χ2v) is 5.78. The second-order valence-electron chi connectivity index (χ2n) is 4.34. The van der Waals surface area contributed by atoms with E-state index in [1.807, 2.05) is 0 Å². The number of hydrogen-bond acceptors (Lipinski definition) is 2. The van der Waals surface area contributed by atoms with Gasteiger partial charge in [-0.15, -0.1) is 11.3 Å². The van der Waals surface area contributed by atoms with Crippen molar-refractivity contribution in [2.45, 2.75) is 33.7 Å². The van der Waals surface area contributed by atoms with Crippen LogP contribution in [0.3, 0.4) is 0 Å². The number of thiophene rings is 1. The molecular weight excluding hydrogens is 270 g/mol. The Hall–Kier alpha value is -1.19. The minimum Gasteiger partial charge on any atom is -0.371 e. The van der Waals surface area contributed by atoms with Crippen LogP contribution in [0.25, 0.3) is 0 Å². The molecule has 0 aliphatic heterocycles. The van der Waals surface area contributed by atoms with Gasteiger partial charge in [-0.3, -0.25) is 0 Å². The Morgan fingerprint density at radius 3 is 2.32 bits per heavy atom. The van der Waals surface area contributed by atoms with Gasteiger partial charge in [-0.2, -0.15) is 0 Å². The van der Waals surface area contributed by atoms with Crippen molar-refractivity contribution in [2.24, 2.45) is 0 Å². The lowest BCUT2D eigenvalue weighted by Gasteiger charge is -2.06. The van der Waals surface area contributed by atoms with Gasteiger partial charge in [0.25, 0.3) is 0 Å². The molecule has 2 aromatic rings. The van der Waals surface area contributed by atoms with Crippen molar-refractivity contribution >= 4 is 28.5 Å². The van der Waals surface area contributed by atoms with E-state index in [2.05, 4.69) is 67.9 Å². The Balaban J connectivity index is 0.000000550. The van der Waals surface area contributed by atoms with Crippen molar-refractivity contribution in [1.29, 1.82) is 0 Å². The molecule has 0 atom stereocenters. The van der Waals surface area contributed by atoms with Crippen LogP contribution in [-0.2, 0) is 6.54 Å². The van der Waals surface area contributed by atoms with E-state index in [-0.39, 0.29) is 0 Å². The smallest absolute Gasteiger partial charge is 0.106 e. The van der Waals surface area contributed by atoms with Gasteiger partial charge in [0.15, 0.2) is 0 Å². The lowest BCUT2D eigenvalue weighted by atomic mass is 10.1. The average Bonchev–Trinajstić information content (AvgIpc) is 2.91. The average molecular weight is 291 g/mol. The van der Waals surface area contributed by atoms with Crippen molar-refractivity contribution in [3.63, 3.8) is 0 Å². The molecule has 19 heavy (non-hydrogen) atoms. The first kappa shape index (κ1) is 15.9. The van der Waals surface area contributed by atoms with Crippen LogP contribution in [0.1, 0.15) is 36.3 Å². The number of nitrogens with one attached hydrogen (secondary N) is 1. The molecule has 1 aromatic heterocycles. The minimum absolute atomic E-state index is 0.810. The first-order valence-corrected chi connectivity index (χ1v) is 7.83. The Bertz CT molecular complexity index is 472. The van der Waals surface area contributed by atoms with Crippen molar-refractivity contribution in [3.05, 3.63) is 57.8 Å². The summed E-state index contributed by atoms with van der Waals surface area (Å²) in [6.45, 7) is 7.14. The second kappa shape index (κ2) is 8.83. The van der Waals surface area contributed by atoms with Crippen molar-refractivity contribution in [3.8, 4) is 0 Å². The lowest BCUT2D eigenvalue weighted by molar-refractivity contribution is 0.949. The quantitative estimate of drug-likeness (QED) is 0.804. The van der Waals surface area contributed by atoms with Gasteiger partial charge in [-0.1, -0.05) is 68.4 Å². The van der Waals surface area contributed by atoms with Crippen LogP contribution in [0.5, 0.6) is 0 Å². The van der Waals surface area contributed by atoms with Crippen LogP contribution in [-0.4, -0.2) is 4.99 Å². The third-order valence-electron chi connectivity index (χ3n) is 2.32. The molecule has 0 aliphatic carbocycles. The highest BCUT2D eigenvalue weighted by Crippen LogP contribution is 2.09. The molecule has 1 aromatic carbocycles. The van der Waals surface area contributed by atoms with E-state index in [0.717, 1.165) is 17.1 Å². The zero-order valence-corrected chi connectivity index (χ0v) is 13.4. The predicted octanol–water partition coefficient (Wildman–Crippen LogP) is 4.94. The molecule has 0 saturated carbocycles. The number of aryl methyl sites for hydroxylation is 1. The first-order valence-electron chi connectivity index (χ1n) is 6.54. The topological polar surface area (TPSA) is 12.0 Å². The third-order valence-corrected chi connectivity index (χ3v) is 3.57. The molecule has 0 bridgehead atoms. The van der Waals surface area contributed by atoms with Gasteiger partial charge in [-0.05, 0) is 18.4 Å². The van der Waals surface area contributed by atoms with Crippen molar-refractivity contribution < 1.29 is 0 Å². The Kier molecular flexibility index (Phi) is 7.38. The first-order chi connectivity index (χ1) is 9.17. The molecule has 1 N–H and O–H groups in total. The SMILES string of the molecule is CCC.Cc1ccc(C(=S)NCc2cccs2)cc1. The maximum absolute atomic E-state index is 5.33. The van der Waals surface area contributed by atoms with Crippen LogP contribution in [0.15, 0.2) is 41.8 Å². The normalized spacial score (nSPS) is 9.42. The summed E-state index contributed by atoms with van der Waals surface area (Å²) >= 11 is 7.07. The molecule has 0 fully saturated rings. The Labute approximate surface area is 125 Å². The van der Waals surface area contributed by atoms with Gasteiger partial charge >= 0.3 is 0 Å². The highest BCUT2D eigenvalue weighted by atomic mass is 32.1. The molecule has 1 nitrogen and oxygen atoms in total. The summed E-state index contributed by atoms with van der Waals surface area (Å²) in [6.07, 6.45) is 1.25. The molecule has 102 valence electrons. The van der Waals surface area contributed by atoms with Gasteiger partial charge < -0.3 is 5.32 Å². The molecule has 0 radical (unpaired) electrons. The summed E-state index contributed by atoms with van der Waals surface area (Å²) in [5.74, 6) is 0. The maximum Gasteiger partial charge on any atom is 0.106 e. The number of rotatable bonds is 3. The van der Waals surface area contributed by atoms with Crippen LogP contribution >= 0.6 is 23.6 Å². The van der Waals surface area contributed by atoms with E-state index < -0.39 is 0 Å². The van der Waals surface area contributed by atoms with E-state index in [9.17, 15) is 0 Å². The molecule has 1 heterocycles. The highest BCUT2D eigenvalue weighted by Gasteiger charge is 2.00. The summed E-state index contributed by atoms with van der Waals surface area (Å²) in [4.78, 5) is 2.11. The van der Waals surface area contributed by atoms with E-state index in [1.165, 1.54) is 16.9 Å². The monoisotopic (exact) mass is 291 g/mol. The summed E-state index contributed by atoms with van der Waals surface area (Å²) in [5, 5.41) is 5.34. The molecule has 0 amide bonds. The largest absolute Gasteiger partial charge is 0.371 e. The van der Waals surface area contributed by atoms with Gasteiger partial charge in [0, 0.05) is 10.4 Å². The summed E-state index contributed by atoms with van der Waals surface area (Å²) in [7, 11) is 0. The molecule has 0 spiro atoms. The van der Waals surface area contributed by atoms with E-state index in [0.29, 0.717) is 0 Å². The molecule has 3 heteroatoms. The van der Waals surface area contributed by atoms with Crippen LogP contribution in [0, 0.1) is 6.92 Å². The standard InChI is InChI=1S/C13H13NS2.C3H8/c1-10-4-6-11(7-5-10)13(15)14-9-12-3-2-8-16-12;1-3-2/h2-8H,9H2,1H3,(H,14,15);3H2,1-2H3. The van der Waals surface area contributed by atoms with Gasteiger partial charge in [-0.25, -0.2) is 0 Å². The van der Waals surface area contributed by atoms with Gasteiger partial charge in [0.1, 0.15) is 4.99 Å². The number of hydrogen-bond donors (Lipinski definition) is 1. The molecule has 0 aliphatic rings. The van der Waals surface area contributed by atoms with E-state index in [4.69, 9.17) is 12.2 Å². The van der Waals surface area contributed by atoms with Crippen LogP contribution in [0.4, 0.5) is 0 Å². The highest BCUT2D eigenvalue weighted by molar-refractivity contribution is 7.80.